The van der Waals surface area contributed by atoms with Crippen molar-refractivity contribution in [3.8, 4) is 10.7 Å². The average molecular weight is 399 g/mol. The molecule has 1 aliphatic heterocycles. The van der Waals surface area contributed by atoms with E-state index in [1.54, 1.807) is 11.3 Å². The molecule has 2 aromatic heterocycles. The fourth-order valence-electron chi connectivity index (χ4n) is 3.47. The largest absolute Gasteiger partial charge is 0.294 e. The van der Waals surface area contributed by atoms with E-state index in [4.69, 9.17) is 12.2 Å². The van der Waals surface area contributed by atoms with Crippen molar-refractivity contribution in [2.75, 3.05) is 13.1 Å². The topological polar surface area (TPSA) is 53.9 Å². The summed E-state index contributed by atoms with van der Waals surface area (Å²) >= 11 is 7.04. The maximum absolute atomic E-state index is 12.7. The summed E-state index contributed by atoms with van der Waals surface area (Å²) in [5.41, 5.74) is 2.01. The normalized spacial score (nSPS) is 15.9. The van der Waals surface area contributed by atoms with Gasteiger partial charge in [-0.3, -0.25) is 14.8 Å². The molecule has 1 aliphatic rings. The number of hydrogen-bond donors (Lipinski definition) is 1. The van der Waals surface area contributed by atoms with Crippen molar-refractivity contribution >= 4 is 29.3 Å². The number of ketones is 1. The van der Waals surface area contributed by atoms with Gasteiger partial charge in [0.25, 0.3) is 0 Å². The maximum Gasteiger partial charge on any atom is 0.217 e. The minimum Gasteiger partial charge on any atom is -0.294 e. The van der Waals surface area contributed by atoms with Gasteiger partial charge in [0.2, 0.25) is 4.77 Å². The van der Waals surface area contributed by atoms with Crippen LogP contribution in [-0.2, 0) is 6.67 Å². The molecule has 3 heterocycles. The number of nitrogens with zero attached hydrogens (tertiary/aromatic N) is 3. The standard InChI is InChI=1S/C20H22N4OS2/c1-14-4-6-15(7-5-14)18(25)16-8-10-23(11-9-16)13-24-20(26)21-19(22-24)17-3-2-12-27-17/h2-7,12,16H,8-11,13H2,1H3,(H,21,22,26). The third-order valence-electron chi connectivity index (χ3n) is 5.07. The second kappa shape index (κ2) is 7.88. The first-order chi connectivity index (χ1) is 13.1. The number of aryl methyl sites for hydroxylation is 1. The Kier molecular flexibility index (Phi) is 5.33. The lowest BCUT2D eigenvalue weighted by atomic mass is 9.89. The second-order valence-electron chi connectivity index (χ2n) is 7.02. The van der Waals surface area contributed by atoms with Crippen molar-refractivity contribution < 1.29 is 4.79 Å². The third-order valence-corrected chi connectivity index (χ3v) is 6.26. The molecule has 3 aromatic rings. The fourth-order valence-corrected chi connectivity index (χ4v) is 4.32. The highest BCUT2D eigenvalue weighted by molar-refractivity contribution is 7.71. The van der Waals surface area contributed by atoms with Crippen molar-refractivity contribution in [3.63, 3.8) is 0 Å². The number of H-pyrrole nitrogens is 1. The molecule has 0 bridgehead atoms. The zero-order chi connectivity index (χ0) is 18.8. The molecular weight excluding hydrogens is 376 g/mol. The van der Waals surface area contributed by atoms with Crippen molar-refractivity contribution in [1.29, 1.82) is 0 Å². The molecule has 0 spiro atoms. The number of aromatic amines is 1. The van der Waals surface area contributed by atoms with Crippen molar-refractivity contribution in [3.05, 3.63) is 57.7 Å². The lowest BCUT2D eigenvalue weighted by molar-refractivity contribution is 0.0803. The quantitative estimate of drug-likeness (QED) is 0.507. The van der Waals surface area contributed by atoms with Crippen LogP contribution in [-0.4, -0.2) is 38.5 Å². The zero-order valence-electron chi connectivity index (χ0n) is 15.2. The predicted octanol–water partition coefficient (Wildman–Crippen LogP) is 4.53. The van der Waals surface area contributed by atoms with Crippen LogP contribution in [0.2, 0.25) is 0 Å². The minimum atomic E-state index is 0.111. The van der Waals surface area contributed by atoms with E-state index in [-0.39, 0.29) is 11.7 Å². The van der Waals surface area contributed by atoms with Gasteiger partial charge in [-0.1, -0.05) is 35.9 Å². The van der Waals surface area contributed by atoms with Gasteiger partial charge in [-0.15, -0.1) is 11.3 Å². The smallest absolute Gasteiger partial charge is 0.217 e. The van der Waals surface area contributed by atoms with Gasteiger partial charge in [0.05, 0.1) is 11.5 Å². The SMILES string of the molecule is Cc1ccc(C(=O)C2CCN(Cn3[nH]c(-c4cccs4)nc3=S)CC2)cc1. The van der Waals surface area contributed by atoms with Crippen LogP contribution < -0.4 is 0 Å². The van der Waals surface area contributed by atoms with E-state index in [2.05, 4.69) is 15.0 Å². The molecule has 5 nitrogen and oxygen atoms in total. The summed E-state index contributed by atoms with van der Waals surface area (Å²) in [5, 5.41) is 5.33. The lowest BCUT2D eigenvalue weighted by Crippen LogP contribution is -2.37. The molecular formula is C20H22N4OS2. The molecule has 1 saturated heterocycles. The molecule has 1 fully saturated rings. The Morgan fingerprint density at radius 3 is 2.67 bits per heavy atom. The number of aromatic nitrogens is 3. The number of benzene rings is 1. The number of likely N-dealkylation sites (tertiary alicyclic amines) is 1. The first kappa shape index (κ1) is 18.3. The molecule has 1 aromatic carbocycles. The number of thiophene rings is 1. The third kappa shape index (κ3) is 4.10. The van der Waals surface area contributed by atoms with E-state index in [0.29, 0.717) is 11.4 Å². The number of piperidine rings is 1. The summed E-state index contributed by atoms with van der Waals surface area (Å²) in [6.45, 7) is 4.49. The summed E-state index contributed by atoms with van der Waals surface area (Å²) in [6.07, 6.45) is 1.76. The molecule has 1 N–H and O–H groups in total. The van der Waals surface area contributed by atoms with Crippen LogP contribution in [0.3, 0.4) is 0 Å². The molecule has 0 radical (unpaired) electrons. The number of nitrogens with one attached hydrogen (secondary N) is 1. The highest BCUT2D eigenvalue weighted by Crippen LogP contribution is 2.23. The summed E-state index contributed by atoms with van der Waals surface area (Å²) in [6, 6.07) is 11.9. The van der Waals surface area contributed by atoms with Gasteiger partial charge in [-0.25, -0.2) is 4.68 Å². The van der Waals surface area contributed by atoms with Gasteiger partial charge in [0.15, 0.2) is 11.6 Å². The van der Waals surface area contributed by atoms with Gasteiger partial charge in [0.1, 0.15) is 0 Å². The molecule has 4 rings (SSSR count). The number of Topliss-reactive ketones (excluding diaryl/α,β-unsaturated/α-hetero) is 1. The van der Waals surface area contributed by atoms with Gasteiger partial charge in [-0.05, 0) is 43.4 Å². The van der Waals surface area contributed by atoms with Crippen LogP contribution in [0.25, 0.3) is 10.7 Å². The fraction of sp³-hybridized carbons (Fsp3) is 0.350. The van der Waals surface area contributed by atoms with Crippen LogP contribution in [0, 0.1) is 17.6 Å². The summed E-state index contributed by atoms with van der Waals surface area (Å²) < 4.78 is 2.48. The highest BCUT2D eigenvalue weighted by Gasteiger charge is 2.26. The molecule has 140 valence electrons. The summed E-state index contributed by atoms with van der Waals surface area (Å²) in [7, 11) is 0. The Hall–Kier alpha value is -2.09. The zero-order valence-corrected chi connectivity index (χ0v) is 16.9. The molecule has 27 heavy (non-hydrogen) atoms. The van der Waals surface area contributed by atoms with Gasteiger partial charge < -0.3 is 0 Å². The Bertz CT molecular complexity index is 964. The van der Waals surface area contributed by atoms with Crippen molar-refractivity contribution in [1.82, 2.24) is 19.7 Å². The number of rotatable bonds is 5. The molecule has 0 atom stereocenters. The number of hydrogen-bond acceptors (Lipinski definition) is 5. The van der Waals surface area contributed by atoms with Crippen LogP contribution in [0.4, 0.5) is 0 Å². The first-order valence-electron chi connectivity index (χ1n) is 9.14. The number of carbonyl (C=O) groups is 1. The monoisotopic (exact) mass is 398 g/mol. The van der Waals surface area contributed by atoms with Crippen molar-refractivity contribution in [2.45, 2.75) is 26.4 Å². The minimum absolute atomic E-state index is 0.111. The number of carbonyl (C=O) groups excluding carboxylic acids is 1. The van der Waals surface area contributed by atoms with Gasteiger partial charge >= 0.3 is 0 Å². The van der Waals surface area contributed by atoms with Gasteiger partial charge in [0, 0.05) is 24.6 Å². The lowest BCUT2D eigenvalue weighted by Gasteiger charge is -2.31. The van der Waals surface area contributed by atoms with E-state index in [0.717, 1.165) is 42.2 Å². The molecule has 0 amide bonds. The Balaban J connectivity index is 1.36. The van der Waals surface area contributed by atoms with Crippen LogP contribution in [0.15, 0.2) is 41.8 Å². The molecule has 7 heteroatoms. The van der Waals surface area contributed by atoms with E-state index in [1.165, 1.54) is 5.56 Å². The van der Waals surface area contributed by atoms with E-state index in [1.807, 2.05) is 53.4 Å². The predicted molar refractivity (Wildman–Crippen MR) is 111 cm³/mol. The Labute approximate surface area is 167 Å². The van der Waals surface area contributed by atoms with E-state index >= 15 is 0 Å². The van der Waals surface area contributed by atoms with Crippen molar-refractivity contribution in [2.24, 2.45) is 5.92 Å². The molecule has 0 saturated carbocycles. The highest BCUT2D eigenvalue weighted by atomic mass is 32.1. The second-order valence-corrected chi connectivity index (χ2v) is 8.34. The van der Waals surface area contributed by atoms with E-state index in [9.17, 15) is 4.79 Å². The Morgan fingerprint density at radius 2 is 2.00 bits per heavy atom. The van der Waals surface area contributed by atoms with E-state index < -0.39 is 0 Å². The molecule has 0 aliphatic carbocycles. The first-order valence-corrected chi connectivity index (χ1v) is 10.4. The molecule has 0 unspecified atom stereocenters. The average Bonchev–Trinajstić information content (AvgIpc) is 3.33. The van der Waals surface area contributed by atoms with Crippen LogP contribution in [0.5, 0.6) is 0 Å². The van der Waals surface area contributed by atoms with Crippen LogP contribution in [0.1, 0.15) is 28.8 Å². The summed E-state index contributed by atoms with van der Waals surface area (Å²) in [4.78, 5) is 20.6. The summed E-state index contributed by atoms with van der Waals surface area (Å²) in [5.74, 6) is 1.20. The van der Waals surface area contributed by atoms with Crippen LogP contribution >= 0.6 is 23.6 Å². The Morgan fingerprint density at radius 1 is 1.26 bits per heavy atom. The maximum atomic E-state index is 12.7. The van der Waals surface area contributed by atoms with Gasteiger partial charge in [-0.2, -0.15) is 4.98 Å².